The number of rotatable bonds is 5. The van der Waals surface area contributed by atoms with E-state index < -0.39 is 0 Å². The van der Waals surface area contributed by atoms with Crippen molar-refractivity contribution in [3.8, 4) is 5.75 Å². The molecule has 0 saturated heterocycles. The lowest BCUT2D eigenvalue weighted by atomic mass is 10.1. The molecule has 0 unspecified atom stereocenters. The molecule has 0 fully saturated rings. The fourth-order valence-corrected chi connectivity index (χ4v) is 2.41. The minimum atomic E-state index is 0.0272. The van der Waals surface area contributed by atoms with Crippen molar-refractivity contribution in [1.82, 2.24) is 4.90 Å². The molecule has 116 valence electrons. The molecule has 0 aromatic heterocycles. The maximum atomic E-state index is 12.3. The van der Waals surface area contributed by atoms with E-state index in [1.807, 2.05) is 30.3 Å². The lowest BCUT2D eigenvalue weighted by molar-refractivity contribution is -0.129. The summed E-state index contributed by atoms with van der Waals surface area (Å²) < 4.78 is 5.16. The first-order valence-corrected chi connectivity index (χ1v) is 7.56. The number of halogens is 2. The number of methoxy groups -OCH3 is 1. The molecule has 0 atom stereocenters. The van der Waals surface area contributed by atoms with Gasteiger partial charge in [-0.15, -0.1) is 0 Å². The molecule has 1 amide bonds. The molecule has 2 aromatic rings. The first kappa shape index (κ1) is 16.7. The Bertz CT molecular complexity index is 673. The van der Waals surface area contributed by atoms with E-state index >= 15 is 0 Å². The summed E-state index contributed by atoms with van der Waals surface area (Å²) in [6.45, 7) is 0.486. The lowest BCUT2D eigenvalue weighted by Crippen LogP contribution is -2.27. The normalized spacial score (nSPS) is 10.4. The van der Waals surface area contributed by atoms with Crippen LogP contribution in [0.2, 0.25) is 10.0 Å². The highest BCUT2D eigenvalue weighted by Gasteiger charge is 2.11. The molecular formula is C17H17Cl2NO2. The average molecular weight is 338 g/mol. The highest BCUT2D eigenvalue weighted by molar-refractivity contribution is 6.42. The standard InChI is InChI=1S/C17H17Cl2NO2/c1-20(11-13-6-7-15(18)16(19)9-13)17(21)10-12-4-3-5-14(8-12)22-2/h3-9H,10-11H2,1-2H3. The quantitative estimate of drug-likeness (QED) is 0.818. The first-order valence-electron chi connectivity index (χ1n) is 6.80. The summed E-state index contributed by atoms with van der Waals surface area (Å²) in [6, 6.07) is 12.9. The number of ether oxygens (including phenoxy) is 1. The van der Waals surface area contributed by atoms with E-state index in [1.54, 1.807) is 31.2 Å². The number of amides is 1. The summed E-state index contributed by atoms with van der Waals surface area (Å²) in [5.41, 5.74) is 1.86. The van der Waals surface area contributed by atoms with Crippen LogP contribution in [0.5, 0.6) is 5.75 Å². The van der Waals surface area contributed by atoms with Crippen LogP contribution >= 0.6 is 23.2 Å². The number of hydrogen-bond acceptors (Lipinski definition) is 2. The SMILES string of the molecule is COc1cccc(CC(=O)N(C)Cc2ccc(Cl)c(Cl)c2)c1. The van der Waals surface area contributed by atoms with Gasteiger partial charge in [0.25, 0.3) is 0 Å². The molecule has 0 bridgehead atoms. The van der Waals surface area contributed by atoms with Gasteiger partial charge in [-0.1, -0.05) is 41.4 Å². The molecule has 0 radical (unpaired) electrons. The molecule has 2 rings (SSSR count). The molecule has 2 aromatic carbocycles. The molecule has 0 heterocycles. The Hall–Kier alpha value is -1.71. The van der Waals surface area contributed by atoms with Crippen molar-refractivity contribution >= 4 is 29.1 Å². The highest BCUT2D eigenvalue weighted by Crippen LogP contribution is 2.23. The number of carbonyl (C=O) groups excluding carboxylic acids is 1. The number of carbonyl (C=O) groups is 1. The zero-order valence-electron chi connectivity index (χ0n) is 12.5. The van der Waals surface area contributed by atoms with Crippen LogP contribution in [-0.2, 0) is 17.8 Å². The molecule has 0 aliphatic heterocycles. The van der Waals surface area contributed by atoms with Crippen molar-refractivity contribution in [1.29, 1.82) is 0 Å². The van der Waals surface area contributed by atoms with Gasteiger partial charge in [-0.3, -0.25) is 4.79 Å². The third-order valence-corrected chi connectivity index (χ3v) is 4.06. The Morgan fingerprint density at radius 3 is 2.55 bits per heavy atom. The van der Waals surface area contributed by atoms with E-state index in [2.05, 4.69) is 0 Å². The summed E-state index contributed by atoms with van der Waals surface area (Å²) in [6.07, 6.45) is 0.328. The van der Waals surface area contributed by atoms with Crippen molar-refractivity contribution in [3.05, 3.63) is 63.6 Å². The average Bonchev–Trinajstić information content (AvgIpc) is 2.51. The van der Waals surface area contributed by atoms with E-state index in [9.17, 15) is 4.79 Å². The van der Waals surface area contributed by atoms with Crippen LogP contribution < -0.4 is 4.74 Å². The maximum Gasteiger partial charge on any atom is 0.227 e. The summed E-state index contributed by atoms with van der Waals surface area (Å²) >= 11 is 11.9. The second kappa shape index (κ2) is 7.52. The highest BCUT2D eigenvalue weighted by atomic mass is 35.5. The van der Waals surface area contributed by atoms with Gasteiger partial charge >= 0.3 is 0 Å². The second-order valence-corrected chi connectivity index (χ2v) is 5.84. The zero-order valence-corrected chi connectivity index (χ0v) is 14.0. The van der Waals surface area contributed by atoms with Crippen LogP contribution in [0.3, 0.4) is 0 Å². The van der Waals surface area contributed by atoms with Gasteiger partial charge < -0.3 is 9.64 Å². The van der Waals surface area contributed by atoms with Crippen LogP contribution in [-0.4, -0.2) is 25.0 Å². The summed E-state index contributed by atoms with van der Waals surface area (Å²) in [5, 5.41) is 1.00. The third kappa shape index (κ3) is 4.39. The van der Waals surface area contributed by atoms with Crippen molar-refractivity contribution in [2.24, 2.45) is 0 Å². The van der Waals surface area contributed by atoms with Gasteiger partial charge in [0.05, 0.1) is 23.6 Å². The van der Waals surface area contributed by atoms with Gasteiger partial charge in [0.1, 0.15) is 5.75 Å². The lowest BCUT2D eigenvalue weighted by Gasteiger charge is -2.18. The summed E-state index contributed by atoms with van der Waals surface area (Å²) in [5.74, 6) is 0.775. The Kier molecular flexibility index (Phi) is 5.69. The largest absolute Gasteiger partial charge is 0.497 e. The molecule has 0 saturated carbocycles. The number of nitrogens with zero attached hydrogens (tertiary/aromatic N) is 1. The first-order chi connectivity index (χ1) is 10.5. The van der Waals surface area contributed by atoms with Gasteiger partial charge in [-0.2, -0.15) is 0 Å². The van der Waals surface area contributed by atoms with Crippen molar-refractivity contribution < 1.29 is 9.53 Å². The fraction of sp³-hybridized carbons (Fsp3) is 0.235. The molecule has 0 N–H and O–H groups in total. The van der Waals surface area contributed by atoms with Crippen molar-refractivity contribution in [2.75, 3.05) is 14.2 Å². The zero-order chi connectivity index (χ0) is 16.1. The van der Waals surface area contributed by atoms with Crippen LogP contribution in [0.15, 0.2) is 42.5 Å². The fourth-order valence-electron chi connectivity index (χ4n) is 2.09. The van der Waals surface area contributed by atoms with Crippen molar-refractivity contribution in [3.63, 3.8) is 0 Å². The molecular weight excluding hydrogens is 321 g/mol. The van der Waals surface area contributed by atoms with E-state index in [0.29, 0.717) is 23.0 Å². The smallest absolute Gasteiger partial charge is 0.227 e. The van der Waals surface area contributed by atoms with Gasteiger partial charge in [0.2, 0.25) is 5.91 Å². The monoisotopic (exact) mass is 337 g/mol. The van der Waals surface area contributed by atoms with Crippen molar-refractivity contribution in [2.45, 2.75) is 13.0 Å². The van der Waals surface area contributed by atoms with Crippen LogP contribution in [0, 0.1) is 0 Å². The molecule has 22 heavy (non-hydrogen) atoms. The predicted molar refractivity (Wildman–Crippen MR) is 89.6 cm³/mol. The predicted octanol–water partition coefficient (Wildman–Crippen LogP) is 4.20. The minimum Gasteiger partial charge on any atom is -0.497 e. The van der Waals surface area contributed by atoms with Gasteiger partial charge in [-0.25, -0.2) is 0 Å². The Morgan fingerprint density at radius 2 is 1.86 bits per heavy atom. The number of hydrogen-bond donors (Lipinski definition) is 0. The van der Waals surface area contributed by atoms with Crippen LogP contribution in [0.4, 0.5) is 0 Å². The minimum absolute atomic E-state index is 0.0272. The van der Waals surface area contributed by atoms with E-state index in [-0.39, 0.29) is 5.91 Å². The molecule has 3 nitrogen and oxygen atoms in total. The second-order valence-electron chi connectivity index (χ2n) is 5.03. The van der Waals surface area contributed by atoms with Crippen LogP contribution in [0.1, 0.15) is 11.1 Å². The van der Waals surface area contributed by atoms with E-state index in [1.165, 1.54) is 0 Å². The summed E-state index contributed by atoms with van der Waals surface area (Å²) in [7, 11) is 3.38. The Labute approximate surface area is 140 Å². The maximum absolute atomic E-state index is 12.3. The topological polar surface area (TPSA) is 29.5 Å². The Morgan fingerprint density at radius 1 is 1.09 bits per heavy atom. The van der Waals surface area contributed by atoms with Gasteiger partial charge in [0, 0.05) is 13.6 Å². The van der Waals surface area contributed by atoms with E-state index in [0.717, 1.165) is 16.9 Å². The molecule has 0 aliphatic carbocycles. The van der Waals surface area contributed by atoms with Crippen LogP contribution in [0.25, 0.3) is 0 Å². The molecule has 0 aliphatic rings. The summed E-state index contributed by atoms with van der Waals surface area (Å²) in [4.78, 5) is 14.0. The number of benzene rings is 2. The van der Waals surface area contributed by atoms with Gasteiger partial charge in [0.15, 0.2) is 0 Å². The van der Waals surface area contributed by atoms with E-state index in [4.69, 9.17) is 27.9 Å². The number of likely N-dealkylation sites (N-methyl/N-ethyl adjacent to an activating group) is 1. The van der Waals surface area contributed by atoms with Gasteiger partial charge in [-0.05, 0) is 35.4 Å². The molecule has 5 heteroatoms. The Balaban J connectivity index is 2.00. The third-order valence-electron chi connectivity index (χ3n) is 3.32. The molecule has 0 spiro atoms.